The maximum absolute atomic E-state index is 13.0. The van der Waals surface area contributed by atoms with Crippen molar-refractivity contribution in [1.82, 2.24) is 5.32 Å². The highest BCUT2D eigenvalue weighted by Crippen LogP contribution is 2.38. The highest BCUT2D eigenvalue weighted by atomic mass is 31.2. The third kappa shape index (κ3) is 59.1. The van der Waals surface area contributed by atoms with Crippen molar-refractivity contribution in [2.45, 2.75) is 283 Å². The van der Waals surface area contributed by atoms with Crippen LogP contribution in [0, 0.1) is 0 Å². The lowest BCUT2D eigenvalue weighted by Gasteiger charge is -2.29. The number of hydrogen-bond acceptors (Lipinski definition) is 6. The molecule has 440 valence electrons. The maximum Gasteiger partial charge on any atom is 0.268 e. The molecule has 76 heavy (non-hydrogen) atoms. The van der Waals surface area contributed by atoms with E-state index in [1.165, 1.54) is 173 Å². The van der Waals surface area contributed by atoms with Crippen molar-refractivity contribution in [1.29, 1.82) is 0 Å². The molecule has 1 amide bonds. The summed E-state index contributed by atoms with van der Waals surface area (Å²) < 4.78 is 23.3. The number of amides is 1. The number of allylic oxidation sites excluding steroid dienone is 15. The number of aliphatic hydroxyl groups excluding tert-OH is 1. The maximum atomic E-state index is 13.0. The second kappa shape index (κ2) is 57.1. The van der Waals surface area contributed by atoms with E-state index in [-0.39, 0.29) is 12.5 Å². The predicted octanol–water partition coefficient (Wildman–Crippen LogP) is 19.1. The Hall–Kier alpha value is -2.58. The standard InChI is InChI=1S/C67H121N2O6P/c1-6-8-10-12-14-16-18-20-21-22-23-24-25-26-27-28-29-30-31-32-33-34-35-36-37-38-39-40-41-42-43-44-45-46-47-49-51-53-55-57-59-61-67(71)68-65(64-75-76(72,73)74-63-62-69(3,4)5)66(70)60-58-56-54-52-50-48-19-17-15-13-11-9-7-2/h8,10,14,16,20-21,23-24,26-27,29-30,50,52,58,60,65-66,70H,6-7,9,11-13,15,17-19,22,25,28,31-49,51,53-57,59,61-64H2,1-5H3,(H-,68,71,72,73)/b10-8-,16-14-,21-20-,24-23-,27-26-,30-29-,52-50+,60-58+. The number of unbranched alkanes of at least 4 members (excludes halogenated alkanes) is 30. The van der Waals surface area contributed by atoms with Gasteiger partial charge in [0.2, 0.25) is 5.91 Å². The Balaban J connectivity index is 3.91. The summed E-state index contributed by atoms with van der Waals surface area (Å²) in [4.78, 5) is 25.5. The number of nitrogens with zero attached hydrogens (tertiary/aromatic N) is 1. The summed E-state index contributed by atoms with van der Waals surface area (Å²) in [7, 11) is 1.24. The van der Waals surface area contributed by atoms with E-state index in [9.17, 15) is 19.4 Å². The first-order valence-corrected chi connectivity index (χ1v) is 33.1. The van der Waals surface area contributed by atoms with E-state index in [1.54, 1.807) is 6.08 Å². The molecule has 0 aromatic rings. The quantitative estimate of drug-likeness (QED) is 0.0272. The van der Waals surface area contributed by atoms with Crippen LogP contribution >= 0.6 is 7.82 Å². The summed E-state index contributed by atoms with van der Waals surface area (Å²) in [5.41, 5.74) is 0. The molecule has 8 nitrogen and oxygen atoms in total. The Morgan fingerprint density at radius 3 is 1.22 bits per heavy atom. The fourth-order valence-electron chi connectivity index (χ4n) is 8.88. The van der Waals surface area contributed by atoms with Crippen LogP contribution in [0.5, 0.6) is 0 Å². The summed E-state index contributed by atoms with van der Waals surface area (Å²) in [6, 6.07) is -0.905. The molecule has 0 radical (unpaired) electrons. The summed E-state index contributed by atoms with van der Waals surface area (Å²) in [5, 5.41) is 13.8. The number of carbonyl (C=O) groups is 1. The lowest BCUT2D eigenvalue weighted by Crippen LogP contribution is -2.45. The van der Waals surface area contributed by atoms with Gasteiger partial charge in [-0.2, -0.15) is 0 Å². The molecule has 2 N–H and O–H groups in total. The Morgan fingerprint density at radius 2 is 0.816 bits per heavy atom. The molecule has 0 fully saturated rings. The number of carbonyl (C=O) groups excluding carboxylic acids is 1. The van der Waals surface area contributed by atoms with Crippen LogP contribution in [0.1, 0.15) is 271 Å². The molecule has 3 atom stereocenters. The Morgan fingerprint density at radius 1 is 0.474 bits per heavy atom. The Kier molecular flexibility index (Phi) is 55.2. The zero-order valence-corrected chi connectivity index (χ0v) is 51.1. The Bertz CT molecular complexity index is 1560. The van der Waals surface area contributed by atoms with E-state index in [1.807, 2.05) is 27.2 Å². The van der Waals surface area contributed by atoms with Crippen molar-refractivity contribution in [3.8, 4) is 0 Å². The molecular formula is C67H121N2O6P. The third-order valence-corrected chi connectivity index (χ3v) is 14.7. The number of hydrogen-bond donors (Lipinski definition) is 2. The number of rotatable bonds is 57. The lowest BCUT2D eigenvalue weighted by atomic mass is 10.0. The number of phosphoric acid groups is 1. The first-order chi connectivity index (χ1) is 37.0. The van der Waals surface area contributed by atoms with E-state index in [2.05, 4.69) is 104 Å². The molecule has 0 rings (SSSR count). The number of aliphatic hydroxyl groups is 1. The zero-order valence-electron chi connectivity index (χ0n) is 50.2. The fourth-order valence-corrected chi connectivity index (χ4v) is 9.60. The monoisotopic (exact) mass is 1080 g/mol. The highest BCUT2D eigenvalue weighted by Gasteiger charge is 2.23. The van der Waals surface area contributed by atoms with Crippen LogP contribution in [0.25, 0.3) is 0 Å². The van der Waals surface area contributed by atoms with Crippen LogP contribution in [-0.4, -0.2) is 68.5 Å². The van der Waals surface area contributed by atoms with Crippen molar-refractivity contribution in [3.63, 3.8) is 0 Å². The second-order valence-corrected chi connectivity index (χ2v) is 23.8. The summed E-state index contributed by atoms with van der Waals surface area (Å²) in [5.74, 6) is -0.207. The molecule has 0 saturated heterocycles. The van der Waals surface area contributed by atoms with Crippen LogP contribution in [0.4, 0.5) is 0 Å². The van der Waals surface area contributed by atoms with E-state index in [0.717, 1.165) is 77.0 Å². The first-order valence-electron chi connectivity index (χ1n) is 31.6. The van der Waals surface area contributed by atoms with E-state index < -0.39 is 26.6 Å². The van der Waals surface area contributed by atoms with Gasteiger partial charge in [-0.15, -0.1) is 0 Å². The molecule has 0 aliphatic rings. The molecule has 0 spiro atoms. The molecular weight excluding hydrogens is 960 g/mol. The number of likely N-dealkylation sites (N-methyl/N-ethyl adjacent to an activating group) is 1. The minimum atomic E-state index is -4.60. The minimum absolute atomic E-state index is 0.00767. The Labute approximate surface area is 470 Å². The van der Waals surface area contributed by atoms with Crippen LogP contribution in [0.15, 0.2) is 97.2 Å². The lowest BCUT2D eigenvalue weighted by molar-refractivity contribution is -0.870. The second-order valence-electron chi connectivity index (χ2n) is 22.4. The van der Waals surface area contributed by atoms with Crippen molar-refractivity contribution in [2.24, 2.45) is 0 Å². The van der Waals surface area contributed by atoms with Crippen LogP contribution in [0.2, 0.25) is 0 Å². The van der Waals surface area contributed by atoms with Crippen molar-refractivity contribution in [3.05, 3.63) is 97.2 Å². The van der Waals surface area contributed by atoms with Gasteiger partial charge in [0.05, 0.1) is 39.9 Å². The smallest absolute Gasteiger partial charge is 0.268 e. The van der Waals surface area contributed by atoms with Crippen molar-refractivity contribution >= 4 is 13.7 Å². The topological polar surface area (TPSA) is 108 Å². The van der Waals surface area contributed by atoms with Crippen LogP contribution in [0.3, 0.4) is 0 Å². The van der Waals surface area contributed by atoms with Crippen LogP contribution < -0.4 is 10.2 Å². The van der Waals surface area contributed by atoms with Gasteiger partial charge in [-0.05, 0) is 83.5 Å². The molecule has 0 aliphatic heterocycles. The average molecular weight is 1080 g/mol. The number of nitrogens with one attached hydrogen (secondary N) is 1. The average Bonchev–Trinajstić information content (AvgIpc) is 3.38. The van der Waals surface area contributed by atoms with Gasteiger partial charge in [-0.1, -0.05) is 278 Å². The molecule has 0 aromatic heterocycles. The molecule has 0 aliphatic carbocycles. The van der Waals surface area contributed by atoms with Crippen molar-refractivity contribution in [2.75, 3.05) is 40.9 Å². The van der Waals surface area contributed by atoms with Gasteiger partial charge < -0.3 is 28.8 Å². The third-order valence-electron chi connectivity index (χ3n) is 13.8. The first kappa shape index (κ1) is 73.4. The number of phosphoric ester groups is 1. The summed E-state index contributed by atoms with van der Waals surface area (Å²) in [6.45, 7) is 4.51. The minimum Gasteiger partial charge on any atom is -0.756 e. The van der Waals surface area contributed by atoms with Gasteiger partial charge >= 0.3 is 0 Å². The molecule has 0 saturated carbocycles. The largest absolute Gasteiger partial charge is 0.756 e. The molecule has 3 unspecified atom stereocenters. The van der Waals surface area contributed by atoms with E-state index in [0.29, 0.717) is 17.4 Å². The van der Waals surface area contributed by atoms with E-state index >= 15 is 0 Å². The normalized spacial score (nSPS) is 14.5. The highest BCUT2D eigenvalue weighted by molar-refractivity contribution is 7.45. The van der Waals surface area contributed by atoms with Gasteiger partial charge in [0, 0.05) is 6.42 Å². The predicted molar refractivity (Wildman–Crippen MR) is 329 cm³/mol. The van der Waals surface area contributed by atoms with Crippen LogP contribution in [-0.2, 0) is 18.4 Å². The molecule has 0 aromatic carbocycles. The van der Waals surface area contributed by atoms with Crippen molar-refractivity contribution < 1.29 is 32.9 Å². The molecule has 0 bridgehead atoms. The SMILES string of the molecule is CC/C=C\C/C=C\C/C=C\C/C=C\C/C=C\C/C=C\CCCCCCCCCCCCCCCCCCCCCCCCC(=O)NC(COP(=O)([O-])OCC[N+](C)(C)C)C(O)/C=C/CC/C=C/CCCCCCCCC. The van der Waals surface area contributed by atoms with Gasteiger partial charge in [0.15, 0.2) is 0 Å². The van der Waals surface area contributed by atoms with Gasteiger partial charge in [0.25, 0.3) is 7.82 Å². The zero-order chi connectivity index (χ0) is 55.6. The summed E-state index contributed by atoms with van der Waals surface area (Å²) in [6.07, 6.45) is 82.4. The summed E-state index contributed by atoms with van der Waals surface area (Å²) >= 11 is 0. The molecule has 0 heterocycles. The number of quaternary nitrogens is 1. The van der Waals surface area contributed by atoms with Gasteiger partial charge in [-0.3, -0.25) is 9.36 Å². The molecule has 9 heteroatoms. The van der Waals surface area contributed by atoms with Gasteiger partial charge in [-0.25, -0.2) is 0 Å². The van der Waals surface area contributed by atoms with Gasteiger partial charge in [0.1, 0.15) is 13.2 Å². The fraction of sp³-hybridized carbons (Fsp3) is 0.746. The van der Waals surface area contributed by atoms with E-state index in [4.69, 9.17) is 9.05 Å².